The lowest BCUT2D eigenvalue weighted by Crippen LogP contribution is -2.60. The van der Waals surface area contributed by atoms with Crippen LogP contribution in [0.5, 0.6) is 0 Å². The van der Waals surface area contributed by atoms with Gasteiger partial charge >= 0.3 is 0 Å². The molecule has 1 aliphatic rings. The van der Waals surface area contributed by atoms with Gasteiger partial charge in [0.2, 0.25) is 5.91 Å². The lowest BCUT2D eigenvalue weighted by Gasteiger charge is -2.40. The molecule has 1 amide bonds. The Labute approximate surface area is 378 Å². The van der Waals surface area contributed by atoms with Crippen molar-refractivity contribution in [3.63, 3.8) is 0 Å². The second kappa shape index (κ2) is 41.1. The molecule has 11 heteroatoms. The summed E-state index contributed by atoms with van der Waals surface area (Å²) in [7, 11) is 0. The van der Waals surface area contributed by atoms with E-state index in [-0.39, 0.29) is 12.8 Å². The van der Waals surface area contributed by atoms with E-state index in [2.05, 4.69) is 43.5 Å². The van der Waals surface area contributed by atoms with Gasteiger partial charge in [-0.05, 0) is 51.4 Å². The molecule has 1 heterocycles. The van der Waals surface area contributed by atoms with Crippen LogP contribution < -0.4 is 5.32 Å². The summed E-state index contributed by atoms with van der Waals surface area (Å²) in [5.41, 5.74) is 0. The number of ether oxygens (including phenoxy) is 2. The Morgan fingerprint density at radius 3 is 1.44 bits per heavy atom. The molecule has 1 aliphatic heterocycles. The largest absolute Gasteiger partial charge is 0.394 e. The second-order valence-electron chi connectivity index (χ2n) is 18.2. The molecule has 0 aliphatic carbocycles. The van der Waals surface area contributed by atoms with Crippen LogP contribution in [0.25, 0.3) is 0 Å². The van der Waals surface area contributed by atoms with Gasteiger partial charge in [-0.3, -0.25) is 4.79 Å². The van der Waals surface area contributed by atoms with Crippen LogP contribution in [0.4, 0.5) is 0 Å². The van der Waals surface area contributed by atoms with E-state index in [1.54, 1.807) is 0 Å². The number of hydrogen-bond acceptors (Lipinski definition) is 10. The van der Waals surface area contributed by atoms with Crippen LogP contribution >= 0.6 is 0 Å². The van der Waals surface area contributed by atoms with E-state index >= 15 is 0 Å². The highest BCUT2D eigenvalue weighted by Crippen LogP contribution is 2.23. The maximum atomic E-state index is 13.1. The van der Waals surface area contributed by atoms with E-state index < -0.39 is 74.2 Å². The van der Waals surface area contributed by atoms with Crippen molar-refractivity contribution in [3.8, 4) is 0 Å². The van der Waals surface area contributed by atoms with Crippen LogP contribution in [-0.2, 0) is 14.3 Å². The van der Waals surface area contributed by atoms with Gasteiger partial charge in [0.15, 0.2) is 6.29 Å². The molecule has 0 spiro atoms. The first-order valence-electron chi connectivity index (χ1n) is 25.7. The minimum atomic E-state index is -1.67. The standard InChI is InChI=1S/C51H97NO10/c1-3-5-7-9-11-13-15-17-19-21-22-23-25-26-28-30-32-34-36-38-43(54)46(56)42(41-61-51-49(59)48(58)47(57)45(40-53)62-51)52-50(60)44(55)39-37-35-33-31-29-27-24-20-18-16-14-12-10-8-6-4-2/h23,25,30,32,42-49,51,53-59H,3-22,24,26-29,31,33-41H2,1-2H3,(H,52,60)/b25-23+,32-30+. The molecule has 0 saturated carbocycles. The summed E-state index contributed by atoms with van der Waals surface area (Å²) in [6, 6.07) is -1.19. The van der Waals surface area contributed by atoms with Gasteiger partial charge in [-0.25, -0.2) is 0 Å². The van der Waals surface area contributed by atoms with Gasteiger partial charge in [-0.1, -0.05) is 199 Å². The molecule has 9 unspecified atom stereocenters. The van der Waals surface area contributed by atoms with Crippen molar-refractivity contribution in [3.05, 3.63) is 24.3 Å². The Kier molecular flexibility index (Phi) is 38.8. The molecule has 0 aromatic heterocycles. The average molecular weight is 884 g/mol. The SMILES string of the molecule is CCCCCCCCCCCC/C=C/CC/C=C/CCCC(O)C(O)C(COC1OC(CO)C(O)C(O)C1O)NC(=O)C(O)CCCCCCCCCCCCCCCCCC. The van der Waals surface area contributed by atoms with Crippen molar-refractivity contribution < 1.29 is 50.0 Å². The fourth-order valence-corrected chi connectivity index (χ4v) is 8.22. The number of carbonyl (C=O) groups is 1. The number of carbonyl (C=O) groups excluding carboxylic acids is 1. The van der Waals surface area contributed by atoms with E-state index in [1.165, 1.54) is 141 Å². The summed E-state index contributed by atoms with van der Waals surface area (Å²) in [6.07, 6.45) is 35.1. The van der Waals surface area contributed by atoms with Crippen LogP contribution in [0.3, 0.4) is 0 Å². The highest BCUT2D eigenvalue weighted by Gasteiger charge is 2.44. The summed E-state index contributed by atoms with van der Waals surface area (Å²) in [6.45, 7) is 3.44. The van der Waals surface area contributed by atoms with Crippen LogP contribution in [-0.4, -0.2) is 110 Å². The zero-order valence-electron chi connectivity index (χ0n) is 39.6. The summed E-state index contributed by atoms with van der Waals surface area (Å²) < 4.78 is 11.1. The van der Waals surface area contributed by atoms with Crippen molar-refractivity contribution in [1.82, 2.24) is 5.32 Å². The molecule has 1 rings (SSSR count). The minimum Gasteiger partial charge on any atom is -0.394 e. The molecular weight excluding hydrogens is 787 g/mol. The van der Waals surface area contributed by atoms with Crippen LogP contribution in [0.15, 0.2) is 24.3 Å². The zero-order valence-corrected chi connectivity index (χ0v) is 39.6. The maximum absolute atomic E-state index is 13.1. The van der Waals surface area contributed by atoms with E-state index in [1.807, 2.05) is 0 Å². The number of hydrogen-bond donors (Lipinski definition) is 8. The van der Waals surface area contributed by atoms with E-state index in [4.69, 9.17) is 9.47 Å². The topological polar surface area (TPSA) is 189 Å². The maximum Gasteiger partial charge on any atom is 0.249 e. The van der Waals surface area contributed by atoms with E-state index in [0.29, 0.717) is 19.3 Å². The molecule has 1 saturated heterocycles. The molecule has 0 bridgehead atoms. The van der Waals surface area contributed by atoms with Crippen molar-refractivity contribution in [2.45, 2.75) is 281 Å². The molecular formula is C51H97NO10. The monoisotopic (exact) mass is 884 g/mol. The van der Waals surface area contributed by atoms with Gasteiger partial charge in [-0.2, -0.15) is 0 Å². The third-order valence-electron chi connectivity index (χ3n) is 12.5. The molecule has 0 aromatic carbocycles. The van der Waals surface area contributed by atoms with Crippen molar-refractivity contribution in [2.24, 2.45) is 0 Å². The van der Waals surface area contributed by atoms with Crippen molar-refractivity contribution in [2.75, 3.05) is 13.2 Å². The Morgan fingerprint density at radius 1 is 0.548 bits per heavy atom. The lowest BCUT2D eigenvalue weighted by atomic mass is 9.98. The molecule has 1 fully saturated rings. The minimum absolute atomic E-state index is 0.248. The third kappa shape index (κ3) is 29.9. The smallest absolute Gasteiger partial charge is 0.249 e. The molecule has 0 radical (unpaired) electrons. The highest BCUT2D eigenvalue weighted by atomic mass is 16.7. The van der Waals surface area contributed by atoms with Gasteiger partial charge in [0.1, 0.15) is 36.6 Å². The molecule has 62 heavy (non-hydrogen) atoms. The predicted molar refractivity (Wildman–Crippen MR) is 252 cm³/mol. The molecule has 8 N–H and O–H groups in total. The number of amides is 1. The number of nitrogens with one attached hydrogen (secondary N) is 1. The first kappa shape index (κ1) is 58.6. The Hall–Kier alpha value is -1.41. The summed E-state index contributed by atoms with van der Waals surface area (Å²) in [5.74, 6) is -0.708. The summed E-state index contributed by atoms with van der Waals surface area (Å²) >= 11 is 0. The predicted octanol–water partition coefficient (Wildman–Crippen LogP) is 9.40. The molecule has 0 aromatic rings. The van der Waals surface area contributed by atoms with E-state index in [0.717, 1.165) is 38.5 Å². The van der Waals surface area contributed by atoms with E-state index in [9.17, 15) is 40.5 Å². The first-order chi connectivity index (χ1) is 30.2. The Balaban J connectivity index is 2.43. The summed E-state index contributed by atoms with van der Waals surface area (Å²) in [4.78, 5) is 13.1. The molecule has 9 atom stereocenters. The number of unbranched alkanes of at least 4 members (excludes halogenated alkanes) is 27. The quantitative estimate of drug-likeness (QED) is 0.0216. The number of allylic oxidation sites excluding steroid dienone is 4. The number of aliphatic hydroxyl groups excluding tert-OH is 7. The Morgan fingerprint density at radius 2 is 0.968 bits per heavy atom. The van der Waals surface area contributed by atoms with Crippen molar-refractivity contribution >= 4 is 5.91 Å². The Bertz CT molecular complexity index is 1060. The normalized spacial score (nSPS) is 21.5. The number of aliphatic hydroxyl groups is 7. The molecule has 11 nitrogen and oxygen atoms in total. The van der Waals surface area contributed by atoms with Crippen molar-refractivity contribution in [1.29, 1.82) is 0 Å². The van der Waals surface area contributed by atoms with Crippen LogP contribution in [0.1, 0.15) is 226 Å². The summed E-state index contributed by atoms with van der Waals surface area (Å²) in [5, 5.41) is 75.8. The van der Waals surface area contributed by atoms with Gasteiger partial charge in [-0.15, -0.1) is 0 Å². The fraction of sp³-hybridized carbons (Fsp3) is 0.902. The van der Waals surface area contributed by atoms with Crippen LogP contribution in [0, 0.1) is 0 Å². The van der Waals surface area contributed by atoms with Gasteiger partial charge < -0.3 is 50.5 Å². The van der Waals surface area contributed by atoms with Gasteiger partial charge in [0.25, 0.3) is 0 Å². The first-order valence-corrected chi connectivity index (χ1v) is 25.7. The average Bonchev–Trinajstić information content (AvgIpc) is 3.27. The van der Waals surface area contributed by atoms with Gasteiger partial charge in [0.05, 0.1) is 25.4 Å². The zero-order chi connectivity index (χ0) is 45.5. The molecule has 366 valence electrons. The fourth-order valence-electron chi connectivity index (χ4n) is 8.22. The highest BCUT2D eigenvalue weighted by molar-refractivity contribution is 5.80. The number of rotatable bonds is 43. The van der Waals surface area contributed by atoms with Gasteiger partial charge in [0, 0.05) is 0 Å². The third-order valence-corrected chi connectivity index (χ3v) is 12.5. The second-order valence-corrected chi connectivity index (χ2v) is 18.2. The lowest BCUT2D eigenvalue weighted by molar-refractivity contribution is -0.303. The van der Waals surface area contributed by atoms with Crippen LogP contribution in [0.2, 0.25) is 0 Å².